The molecule has 0 saturated heterocycles. The van der Waals surface area contributed by atoms with Gasteiger partial charge in [-0.2, -0.15) is 0 Å². The molecule has 0 amide bonds. The van der Waals surface area contributed by atoms with Crippen LogP contribution in [0.15, 0.2) is 0 Å². The largest absolute Gasteiger partial charge is 2.00 e. The standard InChI is InChI=1S/Ca.ClHO.H3O4P/c;1-2;1-5(2,3)4/h;2H;(H3,1,2,3,4)/q+2;;/p-2. The minimum absolute atomic E-state index is 0. The van der Waals surface area contributed by atoms with Crippen molar-refractivity contribution in [1.82, 2.24) is 0 Å². The molecule has 0 aromatic heterocycles. The summed E-state index contributed by atoms with van der Waals surface area (Å²) in [6.45, 7) is 0. The van der Waals surface area contributed by atoms with Gasteiger partial charge in [0.05, 0.1) is 19.7 Å². The van der Waals surface area contributed by atoms with E-state index in [0.717, 1.165) is 0 Å². The van der Waals surface area contributed by atoms with Gasteiger partial charge in [-0.15, -0.1) is 0 Å². The Labute approximate surface area is 80.7 Å². The van der Waals surface area contributed by atoms with E-state index in [4.69, 9.17) is 23.9 Å². The molecule has 0 radical (unpaired) electrons. The zero-order valence-corrected chi connectivity index (χ0v) is 7.51. The smallest absolute Gasteiger partial charge is 0.790 e. The van der Waals surface area contributed by atoms with Crippen molar-refractivity contribution < 1.29 is 23.9 Å². The summed E-state index contributed by atoms with van der Waals surface area (Å²) in [4.78, 5) is 24.3. The SMILES string of the molecule is O=P([O-])([O-])O.OCl.[Ca+2]. The fourth-order valence-corrected chi connectivity index (χ4v) is 0. The van der Waals surface area contributed by atoms with Crippen molar-refractivity contribution in [3.63, 3.8) is 0 Å². The van der Waals surface area contributed by atoms with Crippen LogP contribution in [0.5, 0.6) is 0 Å². The molecule has 0 aliphatic carbocycles. The number of hydrogen-bond acceptors (Lipinski definition) is 4. The van der Waals surface area contributed by atoms with Gasteiger partial charge in [-0.3, -0.25) is 4.66 Å². The molecule has 0 atom stereocenters. The van der Waals surface area contributed by atoms with Gasteiger partial charge in [-0.1, -0.05) is 0 Å². The average molecular weight is 189 g/mol. The van der Waals surface area contributed by atoms with Crippen LogP contribution in [0.4, 0.5) is 0 Å². The number of rotatable bonds is 0. The van der Waals surface area contributed by atoms with E-state index in [2.05, 4.69) is 11.9 Å². The number of hydrogen-bond donors (Lipinski definition) is 2. The molecule has 0 aromatic carbocycles. The summed E-state index contributed by atoms with van der Waals surface area (Å²) in [5.41, 5.74) is 0. The molecule has 0 saturated carbocycles. The van der Waals surface area contributed by atoms with Crippen molar-refractivity contribution in [2.24, 2.45) is 0 Å². The van der Waals surface area contributed by atoms with Crippen molar-refractivity contribution in [2.75, 3.05) is 0 Å². The Balaban J connectivity index is -0.0000000750. The predicted octanol–water partition coefficient (Wildman–Crippen LogP) is -2.44. The van der Waals surface area contributed by atoms with Gasteiger partial charge >= 0.3 is 37.7 Å². The monoisotopic (exact) mass is 188 g/mol. The predicted molar refractivity (Wildman–Crippen MR) is 23.7 cm³/mol. The van der Waals surface area contributed by atoms with Crippen LogP contribution >= 0.6 is 19.7 Å². The first-order valence-electron chi connectivity index (χ1n) is 0.917. The van der Waals surface area contributed by atoms with Gasteiger partial charge in [0.25, 0.3) is 0 Å². The Morgan fingerprint density at radius 2 is 1.38 bits per heavy atom. The van der Waals surface area contributed by atoms with E-state index in [1.54, 1.807) is 0 Å². The van der Waals surface area contributed by atoms with Crippen LogP contribution in [-0.2, 0) is 4.57 Å². The van der Waals surface area contributed by atoms with Gasteiger partial charge < -0.3 is 19.2 Å². The van der Waals surface area contributed by atoms with Crippen LogP contribution in [0.1, 0.15) is 0 Å². The van der Waals surface area contributed by atoms with E-state index in [-0.39, 0.29) is 37.7 Å². The summed E-state index contributed by atoms with van der Waals surface area (Å²) >= 11 is 3.64. The fourth-order valence-electron chi connectivity index (χ4n) is 0. The minimum Gasteiger partial charge on any atom is -0.790 e. The van der Waals surface area contributed by atoms with Gasteiger partial charge in [0.1, 0.15) is 0 Å². The third-order valence-electron chi connectivity index (χ3n) is 0. The summed E-state index contributed by atoms with van der Waals surface area (Å²) in [6, 6.07) is 0. The Morgan fingerprint density at radius 3 is 1.38 bits per heavy atom. The van der Waals surface area contributed by atoms with Crippen LogP contribution < -0.4 is 9.79 Å². The summed E-state index contributed by atoms with van der Waals surface area (Å²) in [6.07, 6.45) is 0. The van der Waals surface area contributed by atoms with E-state index in [0.29, 0.717) is 0 Å². The Morgan fingerprint density at radius 1 is 1.38 bits per heavy atom. The molecule has 46 valence electrons. The molecule has 0 aliphatic heterocycles. The topological polar surface area (TPSA) is 104 Å². The summed E-state index contributed by atoms with van der Waals surface area (Å²) in [5, 5.41) is 0. The maximum absolute atomic E-state index is 8.66. The first-order chi connectivity index (χ1) is 3.00. The van der Waals surface area contributed by atoms with Crippen LogP contribution in [0.25, 0.3) is 0 Å². The van der Waals surface area contributed by atoms with E-state index >= 15 is 0 Å². The van der Waals surface area contributed by atoms with Gasteiger partial charge in [0.15, 0.2) is 0 Å². The van der Waals surface area contributed by atoms with E-state index in [1.807, 2.05) is 0 Å². The molecular weight excluding hydrogens is 186 g/mol. The molecule has 0 aliphatic rings. The fraction of sp³-hybridized carbons (Fsp3) is 0. The number of halogens is 1. The normalized spacial score (nSPS) is 8.12. The molecule has 0 spiro atoms. The van der Waals surface area contributed by atoms with Crippen molar-refractivity contribution in [1.29, 1.82) is 0 Å². The van der Waals surface area contributed by atoms with Crippen LogP contribution in [0, 0.1) is 0 Å². The van der Waals surface area contributed by atoms with Crippen molar-refractivity contribution >= 4 is 57.4 Å². The average Bonchev–Trinajstić information content (AvgIpc) is 1.36. The van der Waals surface area contributed by atoms with Gasteiger partial charge in [0, 0.05) is 0 Å². The zero-order chi connectivity index (χ0) is 6.50. The van der Waals surface area contributed by atoms with Crippen molar-refractivity contribution in [3.05, 3.63) is 0 Å². The second-order valence-corrected chi connectivity index (χ2v) is 1.41. The molecule has 5 nitrogen and oxygen atoms in total. The molecule has 0 bridgehead atoms. The van der Waals surface area contributed by atoms with Gasteiger partial charge in [-0.25, -0.2) is 0 Å². The molecule has 8 heteroatoms. The molecule has 0 aromatic rings. The number of phosphoric acid groups is 1. The molecule has 2 N–H and O–H groups in total. The summed E-state index contributed by atoms with van der Waals surface area (Å²) in [7, 11) is -5.14. The molecule has 0 fully saturated rings. The first kappa shape index (κ1) is 16.3. The van der Waals surface area contributed by atoms with Crippen molar-refractivity contribution in [3.8, 4) is 0 Å². The molecule has 0 heterocycles. The Kier molecular flexibility index (Phi) is 17.6. The maximum atomic E-state index is 8.66. The molecule has 0 rings (SSSR count). The Bertz CT molecular complexity index is 58.6. The second kappa shape index (κ2) is 8.62. The molecule has 8 heavy (non-hydrogen) atoms. The molecular formula is H2CaClO5P. The third kappa shape index (κ3) is 127. The minimum atomic E-state index is -5.14. The van der Waals surface area contributed by atoms with E-state index in [1.165, 1.54) is 0 Å². The van der Waals surface area contributed by atoms with Crippen LogP contribution in [0.2, 0.25) is 0 Å². The Hall–Kier alpha value is 1.62. The second-order valence-electron chi connectivity index (χ2n) is 0.469. The summed E-state index contributed by atoms with van der Waals surface area (Å²) in [5.74, 6) is 0. The van der Waals surface area contributed by atoms with Gasteiger partial charge in [0.2, 0.25) is 0 Å². The summed E-state index contributed by atoms with van der Waals surface area (Å²) < 4.78 is 15.1. The van der Waals surface area contributed by atoms with E-state index < -0.39 is 7.82 Å². The first-order valence-corrected chi connectivity index (χ1v) is 2.75. The maximum Gasteiger partial charge on any atom is 2.00 e. The van der Waals surface area contributed by atoms with Crippen molar-refractivity contribution in [2.45, 2.75) is 0 Å². The van der Waals surface area contributed by atoms with Crippen LogP contribution in [0.3, 0.4) is 0 Å². The molecule has 0 unspecified atom stereocenters. The quantitative estimate of drug-likeness (QED) is 0.325. The van der Waals surface area contributed by atoms with E-state index in [9.17, 15) is 0 Å². The third-order valence-corrected chi connectivity index (χ3v) is 0. The van der Waals surface area contributed by atoms with Crippen LogP contribution in [-0.4, -0.2) is 47.3 Å². The zero-order valence-electron chi connectivity index (χ0n) is 3.65. The van der Waals surface area contributed by atoms with Gasteiger partial charge in [-0.05, 0) is 0 Å².